The maximum Gasteiger partial charge on any atom is 0.251 e. The molecule has 0 fully saturated rings. The van der Waals surface area contributed by atoms with Crippen molar-refractivity contribution < 1.29 is 4.79 Å². The van der Waals surface area contributed by atoms with E-state index in [4.69, 9.17) is 0 Å². The lowest BCUT2D eigenvalue weighted by molar-refractivity contribution is -0.113. The molecule has 0 saturated carbocycles. The first-order valence-electron chi connectivity index (χ1n) is 8.84. The molecule has 3 heteroatoms. The Morgan fingerprint density at radius 1 is 0.885 bits per heavy atom. The minimum atomic E-state index is -0.0311. The highest BCUT2D eigenvalue weighted by atomic mass is 16.1. The molecule has 1 aromatic heterocycles. The molecule has 1 aliphatic rings. The summed E-state index contributed by atoms with van der Waals surface area (Å²) in [6.45, 7) is 0. The third-order valence-corrected chi connectivity index (χ3v) is 4.85. The summed E-state index contributed by atoms with van der Waals surface area (Å²) in [6, 6.07) is 23.9. The number of benzene rings is 2. The van der Waals surface area contributed by atoms with Crippen molar-refractivity contribution in [1.29, 1.82) is 0 Å². The van der Waals surface area contributed by atoms with Crippen molar-refractivity contribution in [2.45, 2.75) is 18.3 Å². The van der Waals surface area contributed by atoms with Crippen LogP contribution in [0.25, 0.3) is 0 Å². The van der Waals surface area contributed by atoms with E-state index in [2.05, 4.69) is 34.6 Å². The Morgan fingerprint density at radius 2 is 1.58 bits per heavy atom. The molecule has 0 saturated heterocycles. The van der Waals surface area contributed by atoms with Gasteiger partial charge in [0.25, 0.3) is 5.91 Å². The molecule has 1 N–H and O–H groups in total. The van der Waals surface area contributed by atoms with Crippen LogP contribution in [0.2, 0.25) is 0 Å². The number of carbonyl (C=O) groups is 1. The second kappa shape index (κ2) is 7.36. The molecule has 0 spiro atoms. The van der Waals surface area contributed by atoms with Crippen LogP contribution in [0.4, 0.5) is 5.69 Å². The summed E-state index contributed by atoms with van der Waals surface area (Å²) in [7, 11) is 0. The minimum absolute atomic E-state index is 0.0311. The molecule has 0 bridgehead atoms. The molecular weight excluding hydrogens is 320 g/mol. The lowest BCUT2D eigenvalue weighted by Crippen LogP contribution is -2.17. The predicted octanol–water partition coefficient (Wildman–Crippen LogP) is 4.92. The summed E-state index contributed by atoms with van der Waals surface area (Å²) >= 11 is 0. The lowest BCUT2D eigenvalue weighted by atomic mass is 9.89. The number of aromatic nitrogens is 1. The Bertz CT molecular complexity index is 905. The van der Waals surface area contributed by atoms with Crippen LogP contribution < -0.4 is 5.32 Å². The predicted molar refractivity (Wildman–Crippen MR) is 104 cm³/mol. The molecule has 2 atom stereocenters. The molecule has 1 heterocycles. The van der Waals surface area contributed by atoms with Gasteiger partial charge >= 0.3 is 0 Å². The zero-order valence-corrected chi connectivity index (χ0v) is 14.4. The van der Waals surface area contributed by atoms with Gasteiger partial charge in [-0.05, 0) is 35.7 Å². The molecule has 0 radical (unpaired) electrons. The van der Waals surface area contributed by atoms with Crippen LogP contribution in [0.3, 0.4) is 0 Å². The Kier molecular flexibility index (Phi) is 4.61. The number of allylic oxidation sites excluding steroid dienone is 1. The normalized spacial score (nSPS) is 19.0. The average Bonchev–Trinajstić information content (AvgIpc) is 3.16. The Labute approximate surface area is 153 Å². The van der Waals surface area contributed by atoms with E-state index < -0.39 is 0 Å². The number of carbonyl (C=O) groups excluding carboxylic acids is 1. The second-order valence-electron chi connectivity index (χ2n) is 6.53. The summed E-state index contributed by atoms with van der Waals surface area (Å²) < 4.78 is 0. The summed E-state index contributed by atoms with van der Waals surface area (Å²) in [6.07, 6.45) is 6.65. The zero-order valence-electron chi connectivity index (χ0n) is 14.4. The fraction of sp³-hybridized carbons (Fsp3) is 0.130. The molecule has 3 nitrogen and oxygen atoms in total. The van der Waals surface area contributed by atoms with Crippen LogP contribution in [0.1, 0.15) is 29.4 Å². The molecule has 1 amide bonds. The van der Waals surface area contributed by atoms with Crippen molar-refractivity contribution in [3.8, 4) is 0 Å². The van der Waals surface area contributed by atoms with Gasteiger partial charge in [-0.25, -0.2) is 0 Å². The topological polar surface area (TPSA) is 42.0 Å². The van der Waals surface area contributed by atoms with Crippen molar-refractivity contribution >= 4 is 11.6 Å². The summed E-state index contributed by atoms with van der Waals surface area (Å²) in [4.78, 5) is 17.2. The third kappa shape index (κ3) is 3.42. The van der Waals surface area contributed by atoms with Gasteiger partial charge in [-0.3, -0.25) is 9.78 Å². The molecule has 4 rings (SSSR count). The fourth-order valence-corrected chi connectivity index (χ4v) is 3.57. The number of amides is 1. The summed E-state index contributed by atoms with van der Waals surface area (Å²) in [5, 5.41) is 3.03. The van der Waals surface area contributed by atoms with E-state index >= 15 is 0 Å². The number of para-hydroxylation sites is 1. The van der Waals surface area contributed by atoms with Crippen LogP contribution in [0.5, 0.6) is 0 Å². The van der Waals surface area contributed by atoms with Crippen LogP contribution in [-0.4, -0.2) is 10.9 Å². The first-order valence-corrected chi connectivity index (χ1v) is 8.84. The fourth-order valence-electron chi connectivity index (χ4n) is 3.57. The number of rotatable bonds is 4. The van der Waals surface area contributed by atoms with Crippen molar-refractivity contribution in [2.24, 2.45) is 0 Å². The summed E-state index contributed by atoms with van der Waals surface area (Å²) in [5.41, 5.74) is 3.97. The van der Waals surface area contributed by atoms with Gasteiger partial charge in [0.15, 0.2) is 0 Å². The molecule has 3 aromatic rings. The molecule has 0 aliphatic heterocycles. The zero-order chi connectivity index (χ0) is 17.8. The Balaban J connectivity index is 1.65. The van der Waals surface area contributed by atoms with Gasteiger partial charge in [-0.2, -0.15) is 0 Å². The molecule has 2 aromatic carbocycles. The Morgan fingerprint density at radius 3 is 2.27 bits per heavy atom. The van der Waals surface area contributed by atoms with Crippen molar-refractivity contribution in [1.82, 2.24) is 4.98 Å². The van der Waals surface area contributed by atoms with E-state index in [0.29, 0.717) is 0 Å². The molecule has 128 valence electrons. The maximum atomic E-state index is 13.0. The monoisotopic (exact) mass is 340 g/mol. The molecule has 1 aliphatic carbocycles. The van der Waals surface area contributed by atoms with Gasteiger partial charge in [0.1, 0.15) is 0 Å². The minimum Gasteiger partial charge on any atom is -0.322 e. The van der Waals surface area contributed by atoms with Crippen molar-refractivity contribution in [3.05, 3.63) is 108 Å². The van der Waals surface area contributed by atoms with Gasteiger partial charge < -0.3 is 5.32 Å². The highest BCUT2D eigenvalue weighted by molar-refractivity contribution is 6.05. The van der Waals surface area contributed by atoms with Gasteiger partial charge in [-0.1, -0.05) is 60.7 Å². The number of nitrogens with zero attached hydrogens (tertiary/aromatic N) is 1. The standard InChI is InChI=1S/C23H20N2O/c26-23(25-20-11-5-2-6-12-20)22-15-19(18-10-7-13-24-16-18)14-21(22)17-8-3-1-4-9-17/h1-13,15-16,19,21H,14H2,(H,25,26). The van der Waals surface area contributed by atoms with Crippen LogP contribution >= 0.6 is 0 Å². The van der Waals surface area contributed by atoms with E-state index in [-0.39, 0.29) is 17.7 Å². The van der Waals surface area contributed by atoms with Gasteiger partial charge in [0.05, 0.1) is 0 Å². The quantitative estimate of drug-likeness (QED) is 0.732. The largest absolute Gasteiger partial charge is 0.322 e. The van der Waals surface area contributed by atoms with E-state index in [1.165, 1.54) is 5.56 Å². The van der Waals surface area contributed by atoms with E-state index in [9.17, 15) is 4.79 Å². The lowest BCUT2D eigenvalue weighted by Gasteiger charge is -2.16. The average molecular weight is 340 g/mol. The van der Waals surface area contributed by atoms with Crippen molar-refractivity contribution in [2.75, 3.05) is 5.32 Å². The number of anilines is 1. The highest BCUT2D eigenvalue weighted by Gasteiger charge is 2.32. The molecule has 2 unspecified atom stereocenters. The van der Waals surface area contributed by atoms with Gasteiger partial charge in [0, 0.05) is 35.5 Å². The van der Waals surface area contributed by atoms with E-state index in [1.807, 2.05) is 60.8 Å². The highest BCUT2D eigenvalue weighted by Crippen LogP contribution is 2.43. The molecule has 26 heavy (non-hydrogen) atoms. The number of hydrogen-bond acceptors (Lipinski definition) is 2. The Hall–Kier alpha value is -3.20. The number of hydrogen-bond donors (Lipinski definition) is 1. The maximum absolute atomic E-state index is 13.0. The number of pyridine rings is 1. The third-order valence-electron chi connectivity index (χ3n) is 4.85. The van der Waals surface area contributed by atoms with E-state index in [0.717, 1.165) is 23.2 Å². The van der Waals surface area contributed by atoms with Crippen molar-refractivity contribution in [3.63, 3.8) is 0 Å². The second-order valence-corrected chi connectivity index (χ2v) is 6.53. The molecular formula is C23H20N2O. The van der Waals surface area contributed by atoms with Crippen LogP contribution in [0, 0.1) is 0 Å². The first kappa shape index (κ1) is 16.3. The van der Waals surface area contributed by atoms with E-state index in [1.54, 1.807) is 6.20 Å². The van der Waals surface area contributed by atoms with Crippen LogP contribution in [-0.2, 0) is 4.79 Å². The SMILES string of the molecule is O=C(Nc1ccccc1)C1=CC(c2cccnc2)CC1c1ccccc1. The van der Waals surface area contributed by atoms with Gasteiger partial charge in [0.2, 0.25) is 0 Å². The smallest absolute Gasteiger partial charge is 0.251 e. The number of nitrogens with one attached hydrogen (secondary N) is 1. The summed E-state index contributed by atoms with van der Waals surface area (Å²) in [5.74, 6) is 0.256. The first-order chi connectivity index (χ1) is 12.8. The van der Waals surface area contributed by atoms with Gasteiger partial charge in [-0.15, -0.1) is 0 Å². The van der Waals surface area contributed by atoms with Crippen LogP contribution in [0.15, 0.2) is 96.8 Å².